The van der Waals surface area contributed by atoms with Crippen LogP contribution >= 0.6 is 0 Å². The van der Waals surface area contributed by atoms with Crippen molar-refractivity contribution in [1.29, 1.82) is 5.26 Å². The van der Waals surface area contributed by atoms with E-state index in [1.807, 2.05) is 0 Å². The molecule has 10 heteroatoms. The number of sulfonamides is 1. The van der Waals surface area contributed by atoms with Crippen LogP contribution in [0.5, 0.6) is 5.75 Å². The molecule has 1 aliphatic rings. The Kier molecular flexibility index (Phi) is 5.92. The molecule has 0 saturated carbocycles. The Morgan fingerprint density at radius 1 is 1.44 bits per heavy atom. The maximum absolute atomic E-state index is 12.7. The summed E-state index contributed by atoms with van der Waals surface area (Å²) < 4.78 is 55.6. The van der Waals surface area contributed by atoms with Crippen molar-refractivity contribution in [3.8, 4) is 11.8 Å². The fraction of sp³-hybridized carbons (Fsp3) is 0.467. The second kappa shape index (κ2) is 7.76. The molecule has 1 amide bonds. The van der Waals surface area contributed by atoms with Gasteiger partial charge in [0.2, 0.25) is 15.9 Å². The number of amides is 1. The number of nitriles is 1. The van der Waals surface area contributed by atoms with E-state index in [-0.39, 0.29) is 24.6 Å². The van der Waals surface area contributed by atoms with Crippen molar-refractivity contribution in [2.45, 2.75) is 24.3 Å². The minimum absolute atomic E-state index is 0.00102. The lowest BCUT2D eigenvalue weighted by Crippen LogP contribution is -2.37. The van der Waals surface area contributed by atoms with Crippen molar-refractivity contribution in [1.82, 2.24) is 9.21 Å². The second-order valence-corrected chi connectivity index (χ2v) is 7.48. The Morgan fingerprint density at radius 2 is 2.16 bits per heavy atom. The van der Waals surface area contributed by atoms with Gasteiger partial charge in [-0.15, -0.1) is 0 Å². The number of carbonyl (C=O) groups is 1. The first-order valence-electron chi connectivity index (χ1n) is 7.49. The van der Waals surface area contributed by atoms with Crippen LogP contribution in [0.1, 0.15) is 18.4 Å². The molecule has 1 aromatic carbocycles. The highest BCUT2D eigenvalue weighted by molar-refractivity contribution is 7.89. The summed E-state index contributed by atoms with van der Waals surface area (Å²) in [6, 6.07) is 4.97. The van der Waals surface area contributed by atoms with Crippen molar-refractivity contribution in [2.75, 3.05) is 26.7 Å². The van der Waals surface area contributed by atoms with Gasteiger partial charge in [0.05, 0.1) is 11.6 Å². The van der Waals surface area contributed by atoms with E-state index in [1.54, 1.807) is 11.0 Å². The van der Waals surface area contributed by atoms with Gasteiger partial charge in [0, 0.05) is 33.1 Å². The summed E-state index contributed by atoms with van der Waals surface area (Å²) in [5, 5.41) is 8.92. The minimum Gasteiger partial charge on any atom is -0.433 e. The van der Waals surface area contributed by atoms with Crippen LogP contribution in [0.4, 0.5) is 8.78 Å². The molecular weight excluding hydrogens is 356 g/mol. The van der Waals surface area contributed by atoms with Gasteiger partial charge in [-0.2, -0.15) is 18.3 Å². The number of halogens is 2. The summed E-state index contributed by atoms with van der Waals surface area (Å²) in [4.78, 5) is 12.6. The van der Waals surface area contributed by atoms with E-state index in [1.165, 1.54) is 13.1 Å². The molecule has 0 radical (unpaired) electrons. The predicted octanol–water partition coefficient (Wildman–Crippen LogP) is 1.40. The minimum atomic E-state index is -4.17. The van der Waals surface area contributed by atoms with Crippen LogP contribution in [0.2, 0.25) is 0 Å². The fourth-order valence-corrected chi connectivity index (χ4v) is 3.77. The topological polar surface area (TPSA) is 90.7 Å². The largest absolute Gasteiger partial charge is 0.433 e. The number of likely N-dealkylation sites (tertiary alicyclic amines) is 1. The molecule has 1 aliphatic heterocycles. The summed E-state index contributed by atoms with van der Waals surface area (Å²) in [6.45, 7) is -2.43. The molecule has 1 aromatic rings. The third-order valence-corrected chi connectivity index (χ3v) is 5.71. The average molecular weight is 373 g/mol. The Labute approximate surface area is 144 Å². The van der Waals surface area contributed by atoms with Crippen LogP contribution in [-0.4, -0.2) is 56.8 Å². The molecule has 136 valence electrons. The molecule has 0 atom stereocenters. The van der Waals surface area contributed by atoms with E-state index in [2.05, 4.69) is 4.74 Å². The SMILES string of the molecule is CN(CCN1CCCC1=O)S(=O)(=O)c1cc(C#N)ccc1OC(F)F. The van der Waals surface area contributed by atoms with Gasteiger partial charge in [-0.05, 0) is 24.6 Å². The van der Waals surface area contributed by atoms with Crippen molar-refractivity contribution in [3.63, 3.8) is 0 Å². The summed E-state index contributed by atoms with van der Waals surface area (Å²) in [5.41, 5.74) is 0.00307. The van der Waals surface area contributed by atoms with Crippen LogP contribution < -0.4 is 4.74 Å². The Morgan fingerprint density at radius 3 is 2.72 bits per heavy atom. The van der Waals surface area contributed by atoms with Gasteiger partial charge >= 0.3 is 6.61 Å². The van der Waals surface area contributed by atoms with E-state index in [9.17, 15) is 22.0 Å². The van der Waals surface area contributed by atoms with Gasteiger partial charge < -0.3 is 9.64 Å². The van der Waals surface area contributed by atoms with Crippen LogP contribution in [0.25, 0.3) is 0 Å². The first-order valence-corrected chi connectivity index (χ1v) is 8.93. The molecule has 0 bridgehead atoms. The molecule has 0 unspecified atom stereocenters. The third kappa shape index (κ3) is 4.43. The number of nitrogens with zero attached hydrogens (tertiary/aromatic N) is 3. The number of hydrogen-bond acceptors (Lipinski definition) is 5. The van der Waals surface area contributed by atoms with Crippen molar-refractivity contribution >= 4 is 15.9 Å². The summed E-state index contributed by atoms with van der Waals surface area (Å²) in [5.74, 6) is -0.572. The molecule has 2 rings (SSSR count). The zero-order chi connectivity index (χ0) is 18.6. The van der Waals surface area contributed by atoms with Gasteiger partial charge in [0.1, 0.15) is 10.6 Å². The highest BCUT2D eigenvalue weighted by Crippen LogP contribution is 2.29. The maximum atomic E-state index is 12.7. The van der Waals surface area contributed by atoms with Crippen LogP contribution in [0, 0.1) is 11.3 Å². The van der Waals surface area contributed by atoms with Crippen molar-refractivity contribution < 1.29 is 26.7 Å². The van der Waals surface area contributed by atoms with Crippen molar-refractivity contribution in [3.05, 3.63) is 23.8 Å². The lowest BCUT2D eigenvalue weighted by Gasteiger charge is -2.22. The van der Waals surface area contributed by atoms with Gasteiger partial charge in [0.25, 0.3) is 0 Å². The smallest absolute Gasteiger partial charge is 0.387 e. The lowest BCUT2D eigenvalue weighted by atomic mass is 10.2. The lowest BCUT2D eigenvalue weighted by molar-refractivity contribution is -0.127. The standard InChI is InChI=1S/C15H17F2N3O4S/c1-19(7-8-20-6-2-3-14(20)21)25(22,23)13-9-11(10-18)4-5-12(13)24-15(16)17/h4-5,9,15H,2-3,6-8H2,1H3. The first kappa shape index (κ1) is 19.1. The number of ether oxygens (including phenoxy) is 1. The van der Waals surface area contributed by atoms with Crippen LogP contribution in [-0.2, 0) is 14.8 Å². The molecule has 1 heterocycles. The highest BCUT2D eigenvalue weighted by Gasteiger charge is 2.28. The molecule has 25 heavy (non-hydrogen) atoms. The maximum Gasteiger partial charge on any atom is 0.387 e. The van der Waals surface area contributed by atoms with E-state index in [0.717, 1.165) is 22.9 Å². The summed E-state index contributed by atoms with van der Waals surface area (Å²) in [6.07, 6.45) is 1.17. The average Bonchev–Trinajstić information content (AvgIpc) is 2.97. The van der Waals surface area contributed by atoms with Gasteiger partial charge in [-0.3, -0.25) is 4.79 Å². The molecule has 0 N–H and O–H groups in total. The molecule has 0 aromatic heterocycles. The normalized spacial score (nSPS) is 15.0. The number of alkyl halides is 2. The molecule has 1 fully saturated rings. The number of carbonyl (C=O) groups excluding carboxylic acids is 1. The van der Waals surface area contributed by atoms with Crippen LogP contribution in [0.3, 0.4) is 0 Å². The van der Waals surface area contributed by atoms with Gasteiger partial charge in [-0.1, -0.05) is 0 Å². The first-order chi connectivity index (χ1) is 11.8. The molecule has 1 saturated heterocycles. The number of likely N-dealkylation sites (N-methyl/N-ethyl adjacent to an activating group) is 1. The van der Waals surface area contributed by atoms with E-state index >= 15 is 0 Å². The van der Waals surface area contributed by atoms with E-state index < -0.39 is 27.3 Å². The molecule has 0 spiro atoms. The summed E-state index contributed by atoms with van der Waals surface area (Å²) in [7, 11) is -2.89. The van der Waals surface area contributed by atoms with E-state index in [4.69, 9.17) is 5.26 Å². The van der Waals surface area contributed by atoms with Crippen molar-refractivity contribution in [2.24, 2.45) is 0 Å². The third-order valence-electron chi connectivity index (χ3n) is 3.83. The fourth-order valence-electron chi connectivity index (χ4n) is 2.46. The predicted molar refractivity (Wildman–Crippen MR) is 83.4 cm³/mol. The zero-order valence-corrected chi connectivity index (χ0v) is 14.3. The number of rotatable bonds is 7. The number of hydrogen-bond donors (Lipinski definition) is 0. The van der Waals surface area contributed by atoms with E-state index in [0.29, 0.717) is 13.0 Å². The number of benzene rings is 1. The zero-order valence-electron chi connectivity index (χ0n) is 13.5. The second-order valence-electron chi connectivity index (χ2n) is 5.46. The van der Waals surface area contributed by atoms with Gasteiger partial charge in [0.15, 0.2) is 0 Å². The molecule has 0 aliphatic carbocycles. The highest BCUT2D eigenvalue weighted by atomic mass is 32.2. The summed E-state index contributed by atoms with van der Waals surface area (Å²) >= 11 is 0. The molecule has 7 nitrogen and oxygen atoms in total. The van der Waals surface area contributed by atoms with Gasteiger partial charge in [-0.25, -0.2) is 8.42 Å². The monoisotopic (exact) mass is 373 g/mol. The Bertz CT molecular complexity index is 792. The Balaban J connectivity index is 2.24. The Hall–Kier alpha value is -2.25. The van der Waals surface area contributed by atoms with Crippen LogP contribution in [0.15, 0.2) is 23.1 Å². The quantitative estimate of drug-likeness (QED) is 0.721. The molecular formula is C15H17F2N3O4S.